The molecule has 0 bridgehead atoms. The van der Waals surface area contributed by atoms with Crippen molar-refractivity contribution in [3.63, 3.8) is 0 Å². The zero-order chi connectivity index (χ0) is 18.5. The van der Waals surface area contributed by atoms with Crippen molar-refractivity contribution in [1.29, 1.82) is 0 Å². The van der Waals surface area contributed by atoms with Crippen molar-refractivity contribution in [2.45, 2.75) is 51.4 Å². The van der Waals surface area contributed by atoms with Crippen LogP contribution in [0.5, 0.6) is 0 Å². The van der Waals surface area contributed by atoms with Crippen LogP contribution in [0.15, 0.2) is 0 Å². The molecule has 0 spiro atoms. The first-order valence-corrected chi connectivity index (χ1v) is 15.5. The van der Waals surface area contributed by atoms with Crippen LogP contribution in [-0.2, 0) is 0 Å². The molecule has 2 aliphatic rings. The van der Waals surface area contributed by atoms with E-state index < -0.39 is 0 Å². The van der Waals surface area contributed by atoms with Crippen LogP contribution in [0.2, 0.25) is 0 Å². The molecule has 150 valence electrons. The molecule has 2 saturated heterocycles. The average Bonchev–Trinajstić information content (AvgIpc) is 3.30. The minimum absolute atomic E-state index is 0.224. The number of nitrogens with zero attached hydrogens (tertiary/aromatic N) is 2. The molecule has 0 aromatic carbocycles. The normalized spacial score (nSPS) is 18.6. The first kappa shape index (κ1) is 23.6. The van der Waals surface area contributed by atoms with E-state index >= 15 is 0 Å². The predicted molar refractivity (Wildman–Crippen MR) is 126 cm³/mol. The molecule has 0 N–H and O–H groups in total. The van der Waals surface area contributed by atoms with Crippen molar-refractivity contribution in [2.75, 3.05) is 37.7 Å². The van der Waals surface area contributed by atoms with Gasteiger partial charge in [0.25, 0.3) is 8.89 Å². The highest BCUT2D eigenvalue weighted by Gasteiger charge is 2.17. The van der Waals surface area contributed by atoms with Crippen LogP contribution in [0.4, 0.5) is 9.59 Å². The van der Waals surface area contributed by atoms with Crippen LogP contribution in [0.1, 0.15) is 51.4 Å². The molecular formula is C16H28N2O2S6. The highest BCUT2D eigenvalue weighted by Crippen LogP contribution is 2.34. The number of carbonyl (C=O) groups is 2. The Bertz CT molecular complexity index is 380. The smallest absolute Gasteiger partial charge is 0.271 e. The van der Waals surface area contributed by atoms with Gasteiger partial charge in [0.05, 0.1) is 0 Å². The molecular weight excluding hydrogens is 445 g/mol. The fourth-order valence-corrected chi connectivity index (χ4v) is 9.04. The molecule has 0 aromatic heterocycles. The van der Waals surface area contributed by atoms with Gasteiger partial charge >= 0.3 is 0 Å². The summed E-state index contributed by atoms with van der Waals surface area (Å²) in [6.07, 6.45) is 9.65. The zero-order valence-corrected chi connectivity index (χ0v) is 20.0. The van der Waals surface area contributed by atoms with Crippen molar-refractivity contribution in [3.05, 3.63) is 0 Å². The standard InChI is InChI=1S/C16H28N2O2S6/c19-15(23-17-9-3-4-10-17)25-21-13-7-1-2-8-14-22-26-16(20)24-18-11-5-6-12-18/h1-14H2. The fourth-order valence-electron chi connectivity index (χ4n) is 2.66. The van der Waals surface area contributed by atoms with Crippen LogP contribution < -0.4 is 0 Å². The fraction of sp³-hybridized carbons (Fsp3) is 0.875. The van der Waals surface area contributed by atoms with Crippen molar-refractivity contribution in [2.24, 2.45) is 0 Å². The largest absolute Gasteiger partial charge is 0.272 e. The summed E-state index contributed by atoms with van der Waals surface area (Å²) < 4.78 is 4.81. The Morgan fingerprint density at radius 2 is 1.00 bits per heavy atom. The molecule has 0 unspecified atom stereocenters. The SMILES string of the molecule is O=C(SSCCCCCCSSC(=O)SN1CCCC1)SN1CCCC1. The summed E-state index contributed by atoms with van der Waals surface area (Å²) in [7, 11) is 6.18. The molecule has 10 heteroatoms. The quantitative estimate of drug-likeness (QED) is 0.178. The number of unbranched alkanes of at least 4 members (excludes halogenated alkanes) is 3. The molecule has 0 saturated carbocycles. The number of rotatable bonds is 11. The van der Waals surface area contributed by atoms with E-state index in [1.807, 2.05) is 0 Å². The summed E-state index contributed by atoms with van der Waals surface area (Å²) in [5.41, 5.74) is 0. The van der Waals surface area contributed by atoms with E-state index in [4.69, 9.17) is 0 Å². The van der Waals surface area contributed by atoms with Gasteiger partial charge in [0.1, 0.15) is 0 Å². The second kappa shape index (κ2) is 15.2. The summed E-state index contributed by atoms with van der Waals surface area (Å²) >= 11 is 2.79. The van der Waals surface area contributed by atoms with Gasteiger partial charge < -0.3 is 0 Å². The first-order valence-electron chi connectivity index (χ1n) is 9.27. The van der Waals surface area contributed by atoms with Crippen LogP contribution >= 0.6 is 67.1 Å². The average molecular weight is 473 g/mol. The van der Waals surface area contributed by atoms with Crippen LogP contribution in [0.3, 0.4) is 0 Å². The van der Waals surface area contributed by atoms with E-state index in [2.05, 4.69) is 8.61 Å². The summed E-state index contributed by atoms with van der Waals surface area (Å²) in [6, 6.07) is 0. The van der Waals surface area contributed by atoms with Crippen LogP contribution in [0.25, 0.3) is 0 Å². The highest BCUT2D eigenvalue weighted by molar-refractivity contribution is 8.86. The van der Waals surface area contributed by atoms with E-state index in [0.29, 0.717) is 0 Å². The minimum atomic E-state index is 0.224. The Balaban J connectivity index is 1.30. The van der Waals surface area contributed by atoms with E-state index in [9.17, 15) is 9.59 Å². The molecule has 0 atom stereocenters. The summed E-state index contributed by atoms with van der Waals surface area (Å²) in [5.74, 6) is 2.09. The second-order valence-corrected chi connectivity index (χ2v) is 13.6. The number of hydrogen-bond acceptors (Lipinski definition) is 10. The molecule has 2 heterocycles. The maximum atomic E-state index is 11.8. The molecule has 0 radical (unpaired) electrons. The maximum Gasteiger partial charge on any atom is 0.271 e. The van der Waals surface area contributed by atoms with Gasteiger partial charge in [-0.15, -0.1) is 0 Å². The minimum Gasteiger partial charge on any atom is -0.272 e. The molecule has 2 rings (SSSR count). The Hall–Kier alpha value is 1.36. The van der Waals surface area contributed by atoms with Gasteiger partial charge in [0.2, 0.25) is 0 Å². The predicted octanol–water partition coefficient (Wildman–Crippen LogP) is 7.04. The van der Waals surface area contributed by atoms with Crippen molar-refractivity contribution >= 4 is 76.0 Å². The Morgan fingerprint density at radius 1 is 0.615 bits per heavy atom. The highest BCUT2D eigenvalue weighted by atomic mass is 33.1. The Morgan fingerprint density at radius 3 is 1.38 bits per heavy atom. The zero-order valence-electron chi connectivity index (χ0n) is 15.1. The van der Waals surface area contributed by atoms with Crippen LogP contribution in [0, 0.1) is 0 Å². The van der Waals surface area contributed by atoms with Crippen LogP contribution in [-0.4, -0.2) is 55.2 Å². The van der Waals surface area contributed by atoms with Gasteiger partial charge in [-0.3, -0.25) is 9.59 Å². The Kier molecular flexibility index (Phi) is 13.8. The first-order chi connectivity index (χ1) is 12.7. The second-order valence-electron chi connectivity index (χ2n) is 6.18. The van der Waals surface area contributed by atoms with Gasteiger partial charge in [-0.1, -0.05) is 34.4 Å². The van der Waals surface area contributed by atoms with Gasteiger partial charge in [-0.2, -0.15) is 0 Å². The third-order valence-corrected chi connectivity index (χ3v) is 11.2. The molecule has 0 amide bonds. The molecule has 0 aromatic rings. The molecule has 26 heavy (non-hydrogen) atoms. The molecule has 4 nitrogen and oxygen atoms in total. The molecule has 2 aliphatic heterocycles. The summed E-state index contributed by atoms with van der Waals surface area (Å²) in [5, 5.41) is 0. The van der Waals surface area contributed by atoms with Gasteiger partial charge in [-0.05, 0) is 60.1 Å². The monoisotopic (exact) mass is 472 g/mol. The lowest BCUT2D eigenvalue weighted by molar-refractivity contribution is 0.275. The van der Waals surface area contributed by atoms with E-state index in [0.717, 1.165) is 37.7 Å². The molecule has 0 aliphatic carbocycles. The van der Waals surface area contributed by atoms with Crippen molar-refractivity contribution in [1.82, 2.24) is 8.61 Å². The van der Waals surface area contributed by atoms with E-state index in [1.165, 1.54) is 96.9 Å². The van der Waals surface area contributed by atoms with Gasteiger partial charge in [0, 0.05) is 61.6 Å². The number of carbonyl (C=O) groups excluding carboxylic acids is 2. The van der Waals surface area contributed by atoms with Crippen molar-refractivity contribution < 1.29 is 9.59 Å². The number of hydrogen-bond donors (Lipinski definition) is 0. The Labute approximate surface area is 182 Å². The van der Waals surface area contributed by atoms with Gasteiger partial charge in [0.15, 0.2) is 0 Å². The third kappa shape index (κ3) is 11.4. The van der Waals surface area contributed by atoms with Crippen molar-refractivity contribution in [3.8, 4) is 0 Å². The lowest BCUT2D eigenvalue weighted by Crippen LogP contribution is -2.10. The lowest BCUT2D eigenvalue weighted by atomic mass is 10.2. The van der Waals surface area contributed by atoms with E-state index in [1.54, 1.807) is 21.6 Å². The maximum absolute atomic E-state index is 11.8. The summed E-state index contributed by atoms with van der Waals surface area (Å²) in [4.78, 5) is 23.6. The summed E-state index contributed by atoms with van der Waals surface area (Å²) in [6.45, 7) is 4.22. The molecule has 2 fully saturated rings. The van der Waals surface area contributed by atoms with E-state index in [-0.39, 0.29) is 8.89 Å². The topological polar surface area (TPSA) is 40.6 Å². The van der Waals surface area contributed by atoms with Gasteiger partial charge in [-0.25, -0.2) is 8.61 Å². The third-order valence-electron chi connectivity index (χ3n) is 4.00. The lowest BCUT2D eigenvalue weighted by Gasteiger charge is -2.10.